The first-order valence-corrected chi connectivity index (χ1v) is 5.34. The van der Waals surface area contributed by atoms with Gasteiger partial charge in [-0.3, -0.25) is 4.79 Å². The van der Waals surface area contributed by atoms with E-state index in [9.17, 15) is 4.79 Å². The Balaban J connectivity index is 1.84. The maximum Gasteiger partial charge on any atom is 0.225 e. The molecule has 0 spiro atoms. The van der Waals surface area contributed by atoms with Gasteiger partial charge < -0.3 is 10.1 Å². The molecule has 2 rings (SSSR count). The van der Waals surface area contributed by atoms with Crippen molar-refractivity contribution >= 4 is 17.5 Å². The molecule has 3 atom stereocenters. The highest BCUT2D eigenvalue weighted by atomic mass is 35.5. The zero-order chi connectivity index (χ0) is 9.26. The third-order valence-electron chi connectivity index (χ3n) is 2.84. The largest absolute Gasteiger partial charge is 0.374 e. The van der Waals surface area contributed by atoms with E-state index in [0.29, 0.717) is 18.5 Å². The molecule has 0 saturated carbocycles. The second kappa shape index (κ2) is 3.84. The second-order valence-electron chi connectivity index (χ2n) is 3.70. The predicted octanol–water partition coefficient (Wildman–Crippen LogP) is 0.909. The van der Waals surface area contributed by atoms with Gasteiger partial charge in [-0.1, -0.05) is 0 Å². The molecule has 2 bridgehead atoms. The van der Waals surface area contributed by atoms with Crippen molar-refractivity contribution in [3.05, 3.63) is 0 Å². The van der Waals surface area contributed by atoms with Crippen LogP contribution in [-0.2, 0) is 9.53 Å². The first kappa shape index (κ1) is 9.28. The van der Waals surface area contributed by atoms with E-state index in [1.54, 1.807) is 0 Å². The molecule has 4 heteroatoms. The van der Waals surface area contributed by atoms with Crippen LogP contribution in [0.4, 0.5) is 0 Å². The van der Waals surface area contributed by atoms with E-state index in [-0.39, 0.29) is 17.9 Å². The average Bonchev–Trinajstić information content (AvgIpc) is 2.74. The normalized spacial score (nSPS) is 36.5. The number of fused-ring (bicyclic) bond motifs is 2. The van der Waals surface area contributed by atoms with Crippen LogP contribution in [0.2, 0.25) is 0 Å². The maximum absolute atomic E-state index is 11.5. The monoisotopic (exact) mass is 203 g/mol. The quantitative estimate of drug-likeness (QED) is 0.693. The molecule has 13 heavy (non-hydrogen) atoms. The first-order chi connectivity index (χ1) is 6.31. The lowest BCUT2D eigenvalue weighted by molar-refractivity contribution is -0.126. The molecular weight excluding hydrogens is 190 g/mol. The number of ether oxygens (including phenoxy) is 1. The summed E-state index contributed by atoms with van der Waals surface area (Å²) in [4.78, 5) is 11.5. The van der Waals surface area contributed by atoms with Crippen LogP contribution in [-0.4, -0.2) is 30.5 Å². The van der Waals surface area contributed by atoms with Crippen LogP contribution >= 0.6 is 11.6 Å². The minimum atomic E-state index is 0.0852. The van der Waals surface area contributed by atoms with Crippen molar-refractivity contribution in [2.75, 3.05) is 12.4 Å². The summed E-state index contributed by atoms with van der Waals surface area (Å²) in [6, 6.07) is 0. The molecule has 2 fully saturated rings. The van der Waals surface area contributed by atoms with Gasteiger partial charge in [-0.15, -0.1) is 11.6 Å². The Morgan fingerprint density at radius 3 is 2.92 bits per heavy atom. The van der Waals surface area contributed by atoms with Crippen molar-refractivity contribution in [1.29, 1.82) is 0 Å². The minimum absolute atomic E-state index is 0.0852. The smallest absolute Gasteiger partial charge is 0.225 e. The summed E-state index contributed by atoms with van der Waals surface area (Å²) in [6.07, 6.45) is 3.60. The van der Waals surface area contributed by atoms with Gasteiger partial charge in [0.2, 0.25) is 5.91 Å². The highest BCUT2D eigenvalue weighted by Gasteiger charge is 2.44. The van der Waals surface area contributed by atoms with E-state index in [1.807, 2.05) is 0 Å². The number of hydrogen-bond acceptors (Lipinski definition) is 2. The molecule has 0 aromatic heterocycles. The molecular formula is C9H14ClNO2. The summed E-state index contributed by atoms with van der Waals surface area (Å²) < 4.78 is 5.59. The molecule has 1 N–H and O–H groups in total. The van der Waals surface area contributed by atoms with Gasteiger partial charge in [0, 0.05) is 12.4 Å². The number of halogens is 1. The molecule has 0 aromatic carbocycles. The van der Waals surface area contributed by atoms with Crippen molar-refractivity contribution in [2.45, 2.75) is 31.5 Å². The molecule has 74 valence electrons. The van der Waals surface area contributed by atoms with Crippen LogP contribution in [0.1, 0.15) is 19.3 Å². The number of hydrogen-bond donors (Lipinski definition) is 1. The summed E-state index contributed by atoms with van der Waals surface area (Å²) in [5.74, 6) is 0.683. The molecule has 2 aliphatic rings. The standard InChI is InChI=1S/C9H14ClNO2/c10-3-4-11-9(12)7-5-6-1-2-8(7)13-6/h6-8H,1-5H2,(H,11,12). The Labute approximate surface area is 82.8 Å². The molecule has 2 heterocycles. The fraction of sp³-hybridized carbons (Fsp3) is 0.889. The van der Waals surface area contributed by atoms with Crippen LogP contribution in [0.5, 0.6) is 0 Å². The van der Waals surface area contributed by atoms with Crippen LogP contribution in [0, 0.1) is 5.92 Å². The first-order valence-electron chi connectivity index (χ1n) is 4.80. The van der Waals surface area contributed by atoms with E-state index >= 15 is 0 Å². The van der Waals surface area contributed by atoms with E-state index in [0.717, 1.165) is 19.3 Å². The Morgan fingerprint density at radius 1 is 1.54 bits per heavy atom. The molecule has 1 amide bonds. The van der Waals surface area contributed by atoms with Gasteiger partial charge >= 0.3 is 0 Å². The number of carbonyl (C=O) groups is 1. The van der Waals surface area contributed by atoms with Gasteiger partial charge in [-0.25, -0.2) is 0 Å². The van der Waals surface area contributed by atoms with E-state index in [1.165, 1.54) is 0 Å². The summed E-state index contributed by atoms with van der Waals surface area (Å²) in [5.41, 5.74) is 0. The zero-order valence-electron chi connectivity index (χ0n) is 7.46. The lowest BCUT2D eigenvalue weighted by Crippen LogP contribution is -2.36. The Morgan fingerprint density at radius 2 is 2.38 bits per heavy atom. The Kier molecular flexibility index (Phi) is 2.74. The summed E-state index contributed by atoms with van der Waals surface area (Å²) in [5, 5.41) is 2.81. The molecule has 0 radical (unpaired) electrons. The molecule has 3 nitrogen and oxygen atoms in total. The molecule has 3 unspecified atom stereocenters. The van der Waals surface area contributed by atoms with Gasteiger partial charge in [0.1, 0.15) is 0 Å². The average molecular weight is 204 g/mol. The fourth-order valence-corrected chi connectivity index (χ4v) is 2.31. The molecule has 2 aliphatic heterocycles. The third kappa shape index (κ3) is 1.81. The molecule has 0 aliphatic carbocycles. The van der Waals surface area contributed by atoms with Crippen molar-refractivity contribution in [3.8, 4) is 0 Å². The van der Waals surface area contributed by atoms with Crippen molar-refractivity contribution < 1.29 is 9.53 Å². The van der Waals surface area contributed by atoms with Gasteiger partial charge in [-0.2, -0.15) is 0 Å². The lowest BCUT2D eigenvalue weighted by atomic mass is 9.88. The molecule has 2 saturated heterocycles. The highest BCUT2D eigenvalue weighted by Crippen LogP contribution is 2.38. The summed E-state index contributed by atoms with van der Waals surface area (Å²) in [6.45, 7) is 0.564. The lowest BCUT2D eigenvalue weighted by Gasteiger charge is -2.17. The van der Waals surface area contributed by atoms with Crippen molar-refractivity contribution in [1.82, 2.24) is 5.32 Å². The van der Waals surface area contributed by atoms with Gasteiger partial charge in [0.15, 0.2) is 0 Å². The minimum Gasteiger partial charge on any atom is -0.374 e. The summed E-state index contributed by atoms with van der Waals surface area (Å²) >= 11 is 5.49. The second-order valence-corrected chi connectivity index (χ2v) is 4.07. The SMILES string of the molecule is O=C(NCCCl)C1CC2CCC1O2. The zero-order valence-corrected chi connectivity index (χ0v) is 8.22. The van der Waals surface area contributed by atoms with Crippen LogP contribution in [0.15, 0.2) is 0 Å². The van der Waals surface area contributed by atoms with Crippen LogP contribution < -0.4 is 5.32 Å². The number of nitrogens with one attached hydrogen (secondary N) is 1. The third-order valence-corrected chi connectivity index (χ3v) is 3.03. The van der Waals surface area contributed by atoms with Gasteiger partial charge in [0.05, 0.1) is 18.1 Å². The van der Waals surface area contributed by atoms with Crippen molar-refractivity contribution in [2.24, 2.45) is 5.92 Å². The number of carbonyl (C=O) groups excluding carboxylic acids is 1. The Bertz CT molecular complexity index is 210. The van der Waals surface area contributed by atoms with E-state index in [2.05, 4.69) is 5.32 Å². The summed E-state index contributed by atoms with van der Waals surface area (Å²) in [7, 11) is 0. The number of rotatable bonds is 3. The predicted molar refractivity (Wildman–Crippen MR) is 49.7 cm³/mol. The number of alkyl halides is 1. The van der Waals surface area contributed by atoms with Gasteiger partial charge in [-0.05, 0) is 19.3 Å². The van der Waals surface area contributed by atoms with Crippen LogP contribution in [0.3, 0.4) is 0 Å². The van der Waals surface area contributed by atoms with Crippen LogP contribution in [0.25, 0.3) is 0 Å². The maximum atomic E-state index is 11.5. The van der Waals surface area contributed by atoms with Gasteiger partial charge in [0.25, 0.3) is 0 Å². The van der Waals surface area contributed by atoms with E-state index < -0.39 is 0 Å². The van der Waals surface area contributed by atoms with E-state index in [4.69, 9.17) is 16.3 Å². The Hall–Kier alpha value is -0.280. The fourth-order valence-electron chi connectivity index (χ4n) is 2.22. The number of amides is 1. The van der Waals surface area contributed by atoms with Crippen molar-refractivity contribution in [3.63, 3.8) is 0 Å². The molecule has 0 aromatic rings. The highest BCUT2D eigenvalue weighted by molar-refractivity contribution is 6.18. The topological polar surface area (TPSA) is 38.3 Å².